The summed E-state index contributed by atoms with van der Waals surface area (Å²) in [5.41, 5.74) is 9.72. The molecule has 1 aromatic carbocycles. The van der Waals surface area contributed by atoms with Gasteiger partial charge in [-0.25, -0.2) is 4.98 Å². The van der Waals surface area contributed by atoms with Crippen LogP contribution in [0.25, 0.3) is 11.3 Å². The third-order valence-electron chi connectivity index (χ3n) is 3.80. The number of rotatable bonds is 3. The topological polar surface area (TPSA) is 43.8 Å². The highest BCUT2D eigenvalue weighted by atomic mass is 15.2. The van der Waals surface area contributed by atoms with Gasteiger partial charge < -0.3 is 10.3 Å². The molecule has 0 saturated heterocycles. The van der Waals surface area contributed by atoms with E-state index in [1.165, 1.54) is 18.4 Å². The number of aromatic nitrogens is 2. The fourth-order valence-electron chi connectivity index (χ4n) is 2.62. The molecule has 1 heterocycles. The Hall–Kier alpha value is -1.77. The van der Waals surface area contributed by atoms with Gasteiger partial charge in [0.25, 0.3) is 0 Å². The third-order valence-corrected chi connectivity index (χ3v) is 3.80. The lowest BCUT2D eigenvalue weighted by Gasteiger charge is -2.10. The Labute approximate surface area is 114 Å². The minimum absolute atomic E-state index is 0.403. The van der Waals surface area contributed by atoms with E-state index >= 15 is 0 Å². The molecule has 0 atom stereocenters. The van der Waals surface area contributed by atoms with Crippen molar-refractivity contribution in [2.24, 2.45) is 0 Å². The highest BCUT2D eigenvalue weighted by Crippen LogP contribution is 2.42. The number of imidazole rings is 1. The van der Waals surface area contributed by atoms with Crippen molar-refractivity contribution in [3.05, 3.63) is 35.7 Å². The van der Waals surface area contributed by atoms with E-state index in [0.717, 1.165) is 22.9 Å². The first-order valence-corrected chi connectivity index (χ1v) is 7.03. The molecule has 3 heteroatoms. The summed E-state index contributed by atoms with van der Waals surface area (Å²) in [4.78, 5) is 4.84. The molecule has 1 aliphatic rings. The predicted octanol–water partition coefficient (Wildman–Crippen LogP) is 3.90. The van der Waals surface area contributed by atoms with Gasteiger partial charge in [0.2, 0.25) is 0 Å². The molecule has 2 aromatic rings. The van der Waals surface area contributed by atoms with Crippen LogP contribution in [0.2, 0.25) is 0 Å². The van der Waals surface area contributed by atoms with E-state index < -0.39 is 0 Å². The van der Waals surface area contributed by atoms with Crippen molar-refractivity contribution in [2.45, 2.75) is 45.6 Å². The second kappa shape index (κ2) is 4.41. The Kier molecular flexibility index (Phi) is 2.85. The summed E-state index contributed by atoms with van der Waals surface area (Å²) >= 11 is 0. The van der Waals surface area contributed by atoms with Gasteiger partial charge in [-0.1, -0.05) is 38.1 Å². The van der Waals surface area contributed by atoms with Crippen LogP contribution in [-0.4, -0.2) is 9.55 Å². The zero-order chi connectivity index (χ0) is 13.6. The van der Waals surface area contributed by atoms with Gasteiger partial charge in [-0.05, 0) is 25.3 Å². The minimum Gasteiger partial charge on any atom is -0.383 e. The molecule has 3 nitrogen and oxygen atoms in total. The first-order valence-electron chi connectivity index (χ1n) is 7.03. The number of nitrogens with two attached hydrogens (primary N) is 1. The average Bonchev–Trinajstić information content (AvgIpc) is 3.14. The van der Waals surface area contributed by atoms with Crippen molar-refractivity contribution in [3.8, 4) is 11.3 Å². The predicted molar refractivity (Wildman–Crippen MR) is 79.2 cm³/mol. The van der Waals surface area contributed by atoms with Gasteiger partial charge in [0.05, 0.1) is 0 Å². The molecule has 0 radical (unpaired) electrons. The number of hydrogen-bond donors (Lipinski definition) is 1. The smallest absolute Gasteiger partial charge is 0.132 e. The molecular formula is C16H21N3. The molecule has 1 fully saturated rings. The largest absolute Gasteiger partial charge is 0.383 e. The molecule has 100 valence electrons. The van der Waals surface area contributed by atoms with Crippen LogP contribution < -0.4 is 5.73 Å². The average molecular weight is 255 g/mol. The number of anilines is 1. The maximum Gasteiger partial charge on any atom is 0.132 e. The van der Waals surface area contributed by atoms with E-state index in [-0.39, 0.29) is 0 Å². The highest BCUT2D eigenvalue weighted by Gasteiger charge is 2.31. The van der Waals surface area contributed by atoms with Crippen LogP contribution in [0.1, 0.15) is 50.0 Å². The Bertz CT molecular complexity index is 606. The highest BCUT2D eigenvalue weighted by molar-refractivity contribution is 5.74. The maximum atomic E-state index is 6.38. The third kappa shape index (κ3) is 2.03. The molecule has 19 heavy (non-hydrogen) atoms. The molecule has 2 N–H and O–H groups in total. The molecule has 1 saturated carbocycles. The van der Waals surface area contributed by atoms with Gasteiger partial charge >= 0.3 is 0 Å². The molecule has 1 aromatic heterocycles. The van der Waals surface area contributed by atoms with Crippen LogP contribution >= 0.6 is 0 Å². The van der Waals surface area contributed by atoms with Crippen LogP contribution in [0.5, 0.6) is 0 Å². The van der Waals surface area contributed by atoms with Crippen LogP contribution in [0, 0.1) is 6.92 Å². The fraction of sp³-hybridized carbons (Fsp3) is 0.438. The molecule has 0 amide bonds. The summed E-state index contributed by atoms with van der Waals surface area (Å²) in [7, 11) is 0. The van der Waals surface area contributed by atoms with Crippen molar-refractivity contribution in [1.82, 2.24) is 9.55 Å². The van der Waals surface area contributed by atoms with E-state index in [1.807, 2.05) is 6.07 Å². The van der Waals surface area contributed by atoms with Gasteiger partial charge in [-0.3, -0.25) is 0 Å². The molecule has 0 unspecified atom stereocenters. The Morgan fingerprint density at radius 3 is 2.53 bits per heavy atom. The summed E-state index contributed by atoms with van der Waals surface area (Å²) in [6.45, 7) is 6.48. The van der Waals surface area contributed by atoms with E-state index in [1.54, 1.807) is 0 Å². The van der Waals surface area contributed by atoms with Crippen molar-refractivity contribution in [3.63, 3.8) is 0 Å². The number of hydrogen-bond acceptors (Lipinski definition) is 2. The van der Waals surface area contributed by atoms with Gasteiger partial charge in [-0.15, -0.1) is 0 Å². The second-order valence-corrected chi connectivity index (χ2v) is 5.77. The van der Waals surface area contributed by atoms with E-state index in [4.69, 9.17) is 10.7 Å². The number of nitrogens with zero attached hydrogens (tertiary/aromatic N) is 2. The van der Waals surface area contributed by atoms with Crippen LogP contribution in [0.15, 0.2) is 24.3 Å². The first kappa shape index (κ1) is 12.3. The van der Waals surface area contributed by atoms with Crippen LogP contribution in [0.3, 0.4) is 0 Å². The minimum atomic E-state index is 0.403. The maximum absolute atomic E-state index is 6.38. The van der Waals surface area contributed by atoms with E-state index in [0.29, 0.717) is 12.0 Å². The Morgan fingerprint density at radius 2 is 1.95 bits per heavy atom. The van der Waals surface area contributed by atoms with E-state index in [2.05, 4.69) is 43.5 Å². The molecule has 0 spiro atoms. The lowest BCUT2D eigenvalue weighted by molar-refractivity contribution is 0.646. The normalized spacial score (nSPS) is 15.2. The lowest BCUT2D eigenvalue weighted by atomic mass is 10.1. The number of benzene rings is 1. The second-order valence-electron chi connectivity index (χ2n) is 5.77. The monoisotopic (exact) mass is 255 g/mol. The fourth-order valence-corrected chi connectivity index (χ4v) is 2.62. The summed E-state index contributed by atoms with van der Waals surface area (Å²) in [6.07, 6.45) is 2.46. The van der Waals surface area contributed by atoms with Crippen molar-refractivity contribution in [2.75, 3.05) is 5.73 Å². The Morgan fingerprint density at radius 1 is 1.26 bits per heavy atom. The zero-order valence-electron chi connectivity index (χ0n) is 11.9. The quantitative estimate of drug-likeness (QED) is 0.904. The summed E-state index contributed by atoms with van der Waals surface area (Å²) < 4.78 is 2.26. The molecular weight excluding hydrogens is 234 g/mol. The number of nitrogen functional groups attached to an aromatic ring is 1. The molecule has 1 aliphatic carbocycles. The van der Waals surface area contributed by atoms with Crippen LogP contribution in [-0.2, 0) is 0 Å². The first-order chi connectivity index (χ1) is 9.09. The standard InChI is InChI=1S/C16H21N3/c1-10(2)16-18-14(13-7-5-4-6-11(13)3)15(17)19(16)12-8-9-12/h4-7,10,12H,8-9,17H2,1-3H3. The van der Waals surface area contributed by atoms with Crippen molar-refractivity contribution >= 4 is 5.82 Å². The van der Waals surface area contributed by atoms with Gasteiger partial charge in [0.15, 0.2) is 0 Å². The SMILES string of the molecule is Cc1ccccc1-c1nc(C(C)C)n(C2CC2)c1N. The summed E-state index contributed by atoms with van der Waals surface area (Å²) in [5, 5.41) is 0. The van der Waals surface area contributed by atoms with Crippen molar-refractivity contribution in [1.29, 1.82) is 0 Å². The lowest BCUT2D eigenvalue weighted by Crippen LogP contribution is -2.06. The van der Waals surface area contributed by atoms with E-state index in [9.17, 15) is 0 Å². The van der Waals surface area contributed by atoms with Gasteiger partial charge in [-0.2, -0.15) is 0 Å². The zero-order valence-corrected chi connectivity index (χ0v) is 11.9. The summed E-state index contributed by atoms with van der Waals surface area (Å²) in [5.74, 6) is 2.36. The Balaban J connectivity index is 2.17. The van der Waals surface area contributed by atoms with Crippen molar-refractivity contribution < 1.29 is 0 Å². The summed E-state index contributed by atoms with van der Waals surface area (Å²) in [6, 6.07) is 8.89. The van der Waals surface area contributed by atoms with Crippen LogP contribution in [0.4, 0.5) is 5.82 Å². The number of aryl methyl sites for hydroxylation is 1. The molecule has 0 bridgehead atoms. The molecule has 3 rings (SSSR count). The van der Waals surface area contributed by atoms with Gasteiger partial charge in [0, 0.05) is 17.5 Å². The van der Waals surface area contributed by atoms with Gasteiger partial charge in [0.1, 0.15) is 17.3 Å². The molecule has 0 aliphatic heterocycles.